The first-order valence-corrected chi connectivity index (χ1v) is 8.31. The van der Waals surface area contributed by atoms with Crippen molar-refractivity contribution in [3.05, 3.63) is 51.9 Å². The summed E-state index contributed by atoms with van der Waals surface area (Å²) in [6, 6.07) is 9.90. The normalized spacial score (nSPS) is 19.2. The summed E-state index contributed by atoms with van der Waals surface area (Å²) in [4.78, 5) is 15.2. The van der Waals surface area contributed by atoms with Gasteiger partial charge in [-0.25, -0.2) is 4.68 Å². The summed E-state index contributed by atoms with van der Waals surface area (Å²) < 4.78 is 3.65. The highest BCUT2D eigenvalue weighted by atomic mass is 16.3. The molecule has 1 aromatic heterocycles. The summed E-state index contributed by atoms with van der Waals surface area (Å²) in [5, 5.41) is 9.59. The van der Waals surface area contributed by atoms with Crippen molar-refractivity contribution in [1.82, 2.24) is 14.3 Å². The van der Waals surface area contributed by atoms with E-state index in [0.717, 1.165) is 42.8 Å². The quantitative estimate of drug-likeness (QED) is 0.936. The summed E-state index contributed by atoms with van der Waals surface area (Å²) >= 11 is 0. The van der Waals surface area contributed by atoms with Crippen LogP contribution in [0.3, 0.4) is 0 Å². The molecule has 0 aliphatic carbocycles. The van der Waals surface area contributed by atoms with Crippen molar-refractivity contribution >= 4 is 0 Å². The second-order valence-corrected chi connectivity index (χ2v) is 6.34. The summed E-state index contributed by atoms with van der Waals surface area (Å²) in [6.07, 6.45) is 3.30. The van der Waals surface area contributed by atoms with E-state index < -0.39 is 0 Å². The zero-order valence-electron chi connectivity index (χ0n) is 13.9. The molecule has 2 aromatic rings. The zero-order chi connectivity index (χ0) is 16.4. The lowest BCUT2D eigenvalue weighted by molar-refractivity contribution is 0.0837. The highest BCUT2D eigenvalue weighted by Gasteiger charge is 2.25. The van der Waals surface area contributed by atoms with E-state index in [0.29, 0.717) is 6.54 Å². The predicted molar refractivity (Wildman–Crippen MR) is 90.9 cm³/mol. The first kappa shape index (κ1) is 16.0. The largest absolute Gasteiger partial charge is 0.395 e. The van der Waals surface area contributed by atoms with E-state index >= 15 is 0 Å². The Balaban J connectivity index is 1.96. The van der Waals surface area contributed by atoms with E-state index in [1.807, 2.05) is 49.0 Å². The molecule has 23 heavy (non-hydrogen) atoms. The van der Waals surface area contributed by atoms with Gasteiger partial charge in [-0.2, -0.15) is 0 Å². The Labute approximate surface area is 136 Å². The lowest BCUT2D eigenvalue weighted by Gasteiger charge is -2.34. The van der Waals surface area contributed by atoms with E-state index in [2.05, 4.69) is 4.90 Å². The number of aliphatic hydroxyl groups excluding tert-OH is 1. The van der Waals surface area contributed by atoms with Crippen molar-refractivity contribution in [3.8, 4) is 5.69 Å². The van der Waals surface area contributed by atoms with Gasteiger partial charge in [0.05, 0.1) is 17.9 Å². The molecule has 1 saturated heterocycles. The topological polar surface area (TPSA) is 50.4 Å². The summed E-state index contributed by atoms with van der Waals surface area (Å²) in [5.41, 5.74) is 2.74. The van der Waals surface area contributed by atoms with E-state index in [1.54, 1.807) is 4.68 Å². The number of piperidine rings is 1. The number of likely N-dealkylation sites (tertiary alicyclic amines) is 1. The number of aromatic nitrogens is 2. The number of hydrogen-bond donors (Lipinski definition) is 1. The van der Waals surface area contributed by atoms with Crippen LogP contribution in [0.25, 0.3) is 5.69 Å². The van der Waals surface area contributed by atoms with Gasteiger partial charge in [-0.05, 0) is 38.4 Å². The molecule has 1 atom stereocenters. The highest BCUT2D eigenvalue weighted by Crippen LogP contribution is 2.20. The minimum Gasteiger partial charge on any atom is -0.395 e. The fraction of sp³-hybridized carbons (Fsp3) is 0.500. The molecule has 1 aliphatic heterocycles. The monoisotopic (exact) mass is 315 g/mol. The minimum absolute atomic E-state index is 0.0402. The van der Waals surface area contributed by atoms with E-state index in [9.17, 15) is 9.90 Å². The summed E-state index contributed by atoms with van der Waals surface area (Å²) in [5.74, 6) is 0. The van der Waals surface area contributed by atoms with Gasteiger partial charge in [0.2, 0.25) is 0 Å². The molecule has 0 radical (unpaired) electrons. The molecule has 1 aromatic carbocycles. The summed E-state index contributed by atoms with van der Waals surface area (Å²) in [6.45, 7) is 3.72. The van der Waals surface area contributed by atoms with Gasteiger partial charge in [-0.15, -0.1) is 0 Å². The maximum atomic E-state index is 12.9. The molecule has 5 nitrogen and oxygen atoms in total. The molecule has 1 fully saturated rings. The van der Waals surface area contributed by atoms with Crippen LogP contribution in [0.2, 0.25) is 0 Å². The highest BCUT2D eigenvalue weighted by molar-refractivity contribution is 5.33. The Hall–Kier alpha value is -1.85. The summed E-state index contributed by atoms with van der Waals surface area (Å²) in [7, 11) is 1.92. The molecule has 3 rings (SSSR count). The first-order valence-electron chi connectivity index (χ1n) is 8.31. The number of aliphatic hydroxyl groups is 1. The average Bonchev–Trinajstić information content (AvgIpc) is 2.80. The second-order valence-electron chi connectivity index (χ2n) is 6.34. The number of rotatable bonds is 4. The van der Waals surface area contributed by atoms with Crippen molar-refractivity contribution < 1.29 is 5.11 Å². The Morgan fingerprint density at radius 1 is 1.22 bits per heavy atom. The molecule has 0 bridgehead atoms. The van der Waals surface area contributed by atoms with Crippen molar-refractivity contribution in [3.63, 3.8) is 0 Å². The Kier molecular flexibility index (Phi) is 4.68. The van der Waals surface area contributed by atoms with Crippen molar-refractivity contribution in [2.24, 2.45) is 7.05 Å². The van der Waals surface area contributed by atoms with Crippen LogP contribution in [0, 0.1) is 6.92 Å². The van der Waals surface area contributed by atoms with Gasteiger partial charge in [0.1, 0.15) is 0 Å². The van der Waals surface area contributed by atoms with Gasteiger partial charge in [0.25, 0.3) is 5.56 Å². The fourth-order valence-corrected chi connectivity index (χ4v) is 3.48. The van der Waals surface area contributed by atoms with Crippen LogP contribution in [0.15, 0.2) is 35.1 Å². The molecule has 1 aliphatic rings. The van der Waals surface area contributed by atoms with Gasteiger partial charge in [0, 0.05) is 25.3 Å². The van der Waals surface area contributed by atoms with Gasteiger partial charge in [-0.3, -0.25) is 14.4 Å². The van der Waals surface area contributed by atoms with Crippen LogP contribution in [0.4, 0.5) is 0 Å². The number of hydrogen-bond acceptors (Lipinski definition) is 3. The Morgan fingerprint density at radius 3 is 2.65 bits per heavy atom. The van der Waals surface area contributed by atoms with Crippen molar-refractivity contribution in [2.75, 3.05) is 13.2 Å². The van der Waals surface area contributed by atoms with Crippen molar-refractivity contribution in [1.29, 1.82) is 0 Å². The molecule has 2 heterocycles. The zero-order valence-corrected chi connectivity index (χ0v) is 13.9. The lowest BCUT2D eigenvalue weighted by atomic mass is 10.0. The first-order chi connectivity index (χ1) is 11.1. The van der Waals surface area contributed by atoms with E-state index in [-0.39, 0.29) is 18.2 Å². The Morgan fingerprint density at radius 2 is 1.96 bits per heavy atom. The number of para-hydroxylation sites is 1. The molecule has 0 saturated carbocycles. The maximum Gasteiger partial charge on any atom is 0.276 e. The molecule has 0 unspecified atom stereocenters. The van der Waals surface area contributed by atoms with Crippen LogP contribution in [-0.2, 0) is 13.6 Å². The average molecular weight is 315 g/mol. The molecule has 5 heteroatoms. The molecular weight excluding hydrogens is 290 g/mol. The molecular formula is C18H25N3O2. The maximum absolute atomic E-state index is 12.9. The smallest absolute Gasteiger partial charge is 0.276 e. The minimum atomic E-state index is 0.0402. The fourth-order valence-electron chi connectivity index (χ4n) is 3.48. The van der Waals surface area contributed by atoms with E-state index in [4.69, 9.17) is 0 Å². The Bertz CT molecular complexity index is 718. The van der Waals surface area contributed by atoms with Crippen LogP contribution in [0.5, 0.6) is 0 Å². The number of benzene rings is 1. The van der Waals surface area contributed by atoms with Crippen molar-refractivity contribution in [2.45, 2.75) is 38.8 Å². The second kappa shape index (κ2) is 6.72. The standard InChI is InChI=1S/C18H25N3O2/c1-14-17(12-20-11-7-6-10-16(20)13-22)18(23)21(19(14)2)15-8-4-3-5-9-15/h3-5,8-9,16,22H,6-7,10-13H2,1-2H3/t16-/m1/s1. The van der Waals surface area contributed by atoms with Crippen LogP contribution < -0.4 is 5.56 Å². The molecule has 0 amide bonds. The SMILES string of the molecule is Cc1c(CN2CCCC[C@@H]2CO)c(=O)n(-c2ccccc2)n1C. The van der Waals surface area contributed by atoms with Gasteiger partial charge in [0.15, 0.2) is 0 Å². The van der Waals surface area contributed by atoms with Crippen LogP contribution in [-0.4, -0.2) is 38.6 Å². The van der Waals surface area contributed by atoms with Crippen LogP contribution in [0.1, 0.15) is 30.5 Å². The molecule has 124 valence electrons. The van der Waals surface area contributed by atoms with E-state index in [1.165, 1.54) is 0 Å². The number of nitrogens with zero attached hydrogens (tertiary/aromatic N) is 3. The third kappa shape index (κ3) is 2.99. The van der Waals surface area contributed by atoms with Crippen LogP contribution >= 0.6 is 0 Å². The van der Waals surface area contributed by atoms with Gasteiger partial charge >= 0.3 is 0 Å². The third-order valence-corrected chi connectivity index (χ3v) is 4.99. The van der Waals surface area contributed by atoms with Gasteiger partial charge < -0.3 is 5.11 Å². The van der Waals surface area contributed by atoms with Gasteiger partial charge in [-0.1, -0.05) is 24.6 Å². The third-order valence-electron chi connectivity index (χ3n) is 4.99. The predicted octanol–water partition coefficient (Wildman–Crippen LogP) is 1.83. The molecule has 0 spiro atoms. The lowest BCUT2D eigenvalue weighted by Crippen LogP contribution is -2.42. The molecule has 1 N–H and O–H groups in total.